The van der Waals surface area contributed by atoms with Crippen LogP contribution in [0.5, 0.6) is 0 Å². The Kier molecular flexibility index (Phi) is 2.64. The van der Waals surface area contributed by atoms with Crippen molar-refractivity contribution >= 4 is 10.8 Å². The van der Waals surface area contributed by atoms with E-state index >= 15 is 0 Å². The van der Waals surface area contributed by atoms with Gasteiger partial charge < -0.3 is 0 Å². The van der Waals surface area contributed by atoms with Crippen molar-refractivity contribution < 1.29 is 0 Å². The summed E-state index contributed by atoms with van der Waals surface area (Å²) in [5.41, 5.74) is 1.92. The summed E-state index contributed by atoms with van der Waals surface area (Å²) in [6.07, 6.45) is 6.19. The van der Waals surface area contributed by atoms with Crippen LogP contribution in [0.3, 0.4) is 0 Å². The lowest BCUT2D eigenvalue weighted by atomic mass is 10.1. The highest BCUT2D eigenvalue weighted by Crippen LogP contribution is 2.23. The smallest absolute Gasteiger partial charge is 0.162 e. The molecule has 0 fully saturated rings. The van der Waals surface area contributed by atoms with Crippen molar-refractivity contribution in [2.75, 3.05) is 0 Å². The molecule has 2 aromatic carbocycles. The third-order valence-electron chi connectivity index (χ3n) is 3.26. The van der Waals surface area contributed by atoms with Gasteiger partial charge in [-0.25, -0.2) is 24.6 Å². The third-order valence-corrected chi connectivity index (χ3v) is 3.26. The van der Waals surface area contributed by atoms with E-state index in [-0.39, 0.29) is 0 Å². The molecule has 0 spiro atoms. The minimum Gasteiger partial charge on any atom is -0.225 e. The molecular weight excluding hydrogens is 264 g/mol. The predicted octanol–water partition coefficient (Wildman–Crippen LogP) is 2.27. The van der Waals surface area contributed by atoms with Crippen molar-refractivity contribution in [1.29, 1.82) is 0 Å². The van der Waals surface area contributed by atoms with Crippen LogP contribution in [0.15, 0.2) is 61.7 Å². The van der Waals surface area contributed by atoms with Gasteiger partial charge in [0.2, 0.25) is 0 Å². The molecule has 2 heterocycles. The summed E-state index contributed by atoms with van der Waals surface area (Å²) < 4.78 is 1.73. The van der Waals surface area contributed by atoms with Gasteiger partial charge in [-0.15, -0.1) is 0 Å². The largest absolute Gasteiger partial charge is 0.225 e. The molecule has 21 heavy (non-hydrogen) atoms. The quantitative estimate of drug-likeness (QED) is 0.561. The standard InChI is InChI=1S/C15H10N6/c1-2-12(15-18-7-16-8-19-15)5-13-6-14(4-3-11(1)13)21-10-17-9-20-21/h1-10H. The highest BCUT2D eigenvalue weighted by atomic mass is 15.3. The van der Waals surface area contributed by atoms with E-state index in [2.05, 4.69) is 49.3 Å². The Balaban J connectivity index is 1.86. The molecule has 0 aliphatic rings. The summed E-state index contributed by atoms with van der Waals surface area (Å²) in [7, 11) is 0. The molecule has 0 aliphatic carbocycles. The molecule has 0 atom stereocenters. The topological polar surface area (TPSA) is 69.4 Å². The summed E-state index contributed by atoms with van der Waals surface area (Å²) >= 11 is 0. The predicted molar refractivity (Wildman–Crippen MR) is 77.7 cm³/mol. The molecule has 4 aromatic rings. The van der Waals surface area contributed by atoms with Gasteiger partial charge in [0.05, 0.1) is 5.69 Å². The lowest BCUT2D eigenvalue weighted by molar-refractivity contribution is 0.880. The van der Waals surface area contributed by atoms with Crippen LogP contribution < -0.4 is 0 Å². The van der Waals surface area contributed by atoms with Gasteiger partial charge >= 0.3 is 0 Å². The van der Waals surface area contributed by atoms with Crippen LogP contribution >= 0.6 is 0 Å². The molecule has 0 unspecified atom stereocenters. The number of fused-ring (bicyclic) bond motifs is 1. The molecular formula is C15H10N6. The molecule has 6 heteroatoms. The minimum atomic E-state index is 0.665. The fourth-order valence-electron chi connectivity index (χ4n) is 2.25. The van der Waals surface area contributed by atoms with E-state index in [1.54, 1.807) is 11.0 Å². The second-order valence-corrected chi connectivity index (χ2v) is 4.55. The van der Waals surface area contributed by atoms with E-state index in [1.165, 1.54) is 19.0 Å². The van der Waals surface area contributed by atoms with Crippen LogP contribution in [0.2, 0.25) is 0 Å². The number of hydrogen-bond acceptors (Lipinski definition) is 5. The maximum atomic E-state index is 4.18. The lowest BCUT2D eigenvalue weighted by Crippen LogP contribution is -1.94. The Morgan fingerprint density at radius 1 is 0.762 bits per heavy atom. The lowest BCUT2D eigenvalue weighted by Gasteiger charge is -2.05. The molecule has 0 saturated carbocycles. The first-order chi connectivity index (χ1) is 10.4. The Hall–Kier alpha value is -3.15. The molecule has 0 aliphatic heterocycles. The summed E-state index contributed by atoms with van der Waals surface area (Å²) in [4.78, 5) is 16.2. The van der Waals surface area contributed by atoms with Crippen LogP contribution in [0.25, 0.3) is 27.8 Å². The third kappa shape index (κ3) is 2.12. The number of nitrogens with zero attached hydrogens (tertiary/aromatic N) is 6. The van der Waals surface area contributed by atoms with Crippen LogP contribution in [-0.2, 0) is 0 Å². The fraction of sp³-hybridized carbons (Fsp3) is 0. The van der Waals surface area contributed by atoms with E-state index in [9.17, 15) is 0 Å². The van der Waals surface area contributed by atoms with Crippen LogP contribution in [-0.4, -0.2) is 29.7 Å². The van der Waals surface area contributed by atoms with Gasteiger partial charge in [0.25, 0.3) is 0 Å². The van der Waals surface area contributed by atoms with Crippen LogP contribution in [0, 0.1) is 0 Å². The SMILES string of the molecule is c1ncnc(-c2ccc3ccc(-n4cncn4)cc3c2)n1. The van der Waals surface area contributed by atoms with Gasteiger partial charge in [-0.2, -0.15) is 5.10 Å². The molecule has 0 N–H and O–H groups in total. The van der Waals surface area contributed by atoms with Gasteiger partial charge in [-0.1, -0.05) is 18.2 Å². The maximum Gasteiger partial charge on any atom is 0.162 e. The second-order valence-electron chi connectivity index (χ2n) is 4.55. The normalized spacial score (nSPS) is 10.9. The van der Waals surface area contributed by atoms with Gasteiger partial charge in [0.1, 0.15) is 25.3 Å². The van der Waals surface area contributed by atoms with E-state index in [0.29, 0.717) is 5.82 Å². The fourth-order valence-corrected chi connectivity index (χ4v) is 2.25. The van der Waals surface area contributed by atoms with Crippen LogP contribution in [0.1, 0.15) is 0 Å². The molecule has 6 nitrogen and oxygen atoms in total. The zero-order valence-corrected chi connectivity index (χ0v) is 11.0. The average molecular weight is 274 g/mol. The first-order valence-corrected chi connectivity index (χ1v) is 6.41. The van der Waals surface area contributed by atoms with Crippen molar-refractivity contribution in [3.8, 4) is 17.1 Å². The first-order valence-electron chi connectivity index (χ1n) is 6.41. The summed E-state index contributed by atoms with van der Waals surface area (Å²) in [6.45, 7) is 0. The van der Waals surface area contributed by atoms with Gasteiger partial charge in [-0.3, -0.25) is 0 Å². The van der Waals surface area contributed by atoms with Crippen molar-refractivity contribution in [2.24, 2.45) is 0 Å². The Bertz CT molecular complexity index is 887. The van der Waals surface area contributed by atoms with E-state index in [0.717, 1.165) is 22.0 Å². The first kappa shape index (κ1) is 11.7. The molecule has 100 valence electrons. The molecule has 2 aromatic heterocycles. The monoisotopic (exact) mass is 274 g/mol. The molecule has 0 saturated heterocycles. The maximum absolute atomic E-state index is 4.18. The minimum absolute atomic E-state index is 0.665. The van der Waals surface area contributed by atoms with Crippen molar-refractivity contribution in [2.45, 2.75) is 0 Å². The highest BCUT2D eigenvalue weighted by molar-refractivity contribution is 5.88. The Morgan fingerprint density at radius 3 is 2.43 bits per heavy atom. The number of benzene rings is 2. The number of rotatable bonds is 2. The average Bonchev–Trinajstić information content (AvgIpc) is 3.09. The molecule has 0 radical (unpaired) electrons. The van der Waals surface area contributed by atoms with E-state index in [1.807, 2.05) is 12.1 Å². The number of hydrogen-bond donors (Lipinski definition) is 0. The molecule has 0 amide bonds. The molecule has 0 bridgehead atoms. The summed E-state index contributed by atoms with van der Waals surface area (Å²) in [5, 5.41) is 6.39. The van der Waals surface area contributed by atoms with E-state index < -0.39 is 0 Å². The van der Waals surface area contributed by atoms with Gasteiger partial charge in [-0.05, 0) is 29.0 Å². The van der Waals surface area contributed by atoms with E-state index in [4.69, 9.17) is 0 Å². The van der Waals surface area contributed by atoms with Crippen molar-refractivity contribution in [1.82, 2.24) is 29.7 Å². The Morgan fingerprint density at radius 2 is 1.62 bits per heavy atom. The second kappa shape index (κ2) is 4.75. The summed E-state index contributed by atoms with van der Waals surface area (Å²) in [5.74, 6) is 0.665. The zero-order valence-electron chi connectivity index (χ0n) is 11.0. The van der Waals surface area contributed by atoms with Gasteiger partial charge in [0, 0.05) is 5.56 Å². The van der Waals surface area contributed by atoms with Gasteiger partial charge in [0.15, 0.2) is 5.82 Å². The van der Waals surface area contributed by atoms with Crippen LogP contribution in [0.4, 0.5) is 0 Å². The van der Waals surface area contributed by atoms with Crippen molar-refractivity contribution in [3.05, 3.63) is 61.7 Å². The Labute approximate surface area is 120 Å². The molecule has 4 rings (SSSR count). The highest BCUT2D eigenvalue weighted by Gasteiger charge is 2.04. The zero-order chi connectivity index (χ0) is 14.1. The van der Waals surface area contributed by atoms with Crippen molar-refractivity contribution in [3.63, 3.8) is 0 Å². The summed E-state index contributed by atoms with van der Waals surface area (Å²) in [6, 6.07) is 12.3. The number of aromatic nitrogens is 6.